The highest BCUT2D eigenvalue weighted by Crippen LogP contribution is 2.56. The van der Waals surface area contributed by atoms with Gasteiger partial charge in [0.15, 0.2) is 5.82 Å². The number of fused-ring (bicyclic) bond motifs is 1. The van der Waals surface area contributed by atoms with Crippen molar-refractivity contribution in [3.63, 3.8) is 0 Å². The molecule has 4 aliphatic carbocycles. The summed E-state index contributed by atoms with van der Waals surface area (Å²) in [6.07, 6.45) is 2.74. The largest absolute Gasteiger partial charge is 0.389 e. The Morgan fingerprint density at radius 2 is 1.67 bits per heavy atom. The van der Waals surface area contributed by atoms with Crippen molar-refractivity contribution in [2.24, 2.45) is 17.8 Å². The van der Waals surface area contributed by atoms with Gasteiger partial charge in [-0.3, -0.25) is 9.48 Å². The Balaban J connectivity index is 1.42. The van der Waals surface area contributed by atoms with E-state index in [4.69, 9.17) is 0 Å². The number of benzene rings is 1. The molecule has 2 aromatic rings. The SMILES string of the molecule is O=c1c(NC23CC4CC(CC(C4)C2)C3)nn(CCCCC(F)(F)F)c2ccccc12. The van der Waals surface area contributed by atoms with E-state index in [9.17, 15) is 18.0 Å². The fraction of sp³-hybridized carbons (Fsp3) is 0.652. The lowest BCUT2D eigenvalue weighted by atomic mass is 9.53. The first kappa shape index (κ1) is 19.9. The van der Waals surface area contributed by atoms with Gasteiger partial charge in [0.05, 0.1) is 10.9 Å². The minimum atomic E-state index is -4.13. The summed E-state index contributed by atoms with van der Waals surface area (Å²) in [6.45, 7) is 0.367. The van der Waals surface area contributed by atoms with E-state index in [0.717, 1.165) is 37.0 Å². The van der Waals surface area contributed by atoms with E-state index < -0.39 is 12.6 Å². The fourth-order valence-electron chi connectivity index (χ4n) is 6.59. The molecule has 0 aliphatic heterocycles. The van der Waals surface area contributed by atoms with Crippen LogP contribution in [-0.2, 0) is 6.54 Å². The van der Waals surface area contributed by atoms with Crippen molar-refractivity contribution in [1.82, 2.24) is 9.78 Å². The van der Waals surface area contributed by atoms with Crippen molar-refractivity contribution in [2.75, 3.05) is 5.32 Å². The summed E-state index contributed by atoms with van der Waals surface area (Å²) in [5, 5.41) is 8.78. The molecule has 1 heterocycles. The Bertz CT molecular complexity index is 962. The number of anilines is 1. The van der Waals surface area contributed by atoms with Crippen LogP contribution in [0.2, 0.25) is 0 Å². The van der Waals surface area contributed by atoms with Gasteiger partial charge in [0.2, 0.25) is 5.43 Å². The van der Waals surface area contributed by atoms with E-state index in [2.05, 4.69) is 10.4 Å². The highest BCUT2D eigenvalue weighted by molar-refractivity contribution is 5.80. The summed E-state index contributed by atoms with van der Waals surface area (Å²) in [6, 6.07) is 7.27. The Morgan fingerprint density at radius 1 is 1.03 bits per heavy atom. The van der Waals surface area contributed by atoms with Gasteiger partial charge in [-0.1, -0.05) is 12.1 Å². The predicted octanol–water partition coefficient (Wildman–Crippen LogP) is 5.51. The summed E-state index contributed by atoms with van der Waals surface area (Å²) >= 11 is 0. The maximum atomic E-state index is 13.2. The first-order valence-corrected chi connectivity index (χ1v) is 11.2. The zero-order valence-electron chi connectivity index (χ0n) is 17.0. The van der Waals surface area contributed by atoms with Crippen LogP contribution in [-0.4, -0.2) is 21.5 Å². The molecule has 4 fully saturated rings. The maximum Gasteiger partial charge on any atom is 0.389 e. The molecule has 1 aromatic carbocycles. The zero-order chi connectivity index (χ0) is 20.9. The average Bonchev–Trinajstić information content (AvgIpc) is 2.66. The molecular formula is C23H28F3N3O. The lowest BCUT2D eigenvalue weighted by molar-refractivity contribution is -0.135. The smallest absolute Gasteiger partial charge is 0.360 e. The van der Waals surface area contributed by atoms with E-state index >= 15 is 0 Å². The number of rotatable bonds is 6. The molecule has 0 unspecified atom stereocenters. The van der Waals surface area contributed by atoms with Gasteiger partial charge in [0.25, 0.3) is 0 Å². The molecule has 0 radical (unpaired) electrons. The quantitative estimate of drug-likeness (QED) is 0.628. The van der Waals surface area contributed by atoms with Gasteiger partial charge in [-0.15, -0.1) is 0 Å². The minimum absolute atomic E-state index is 0.0442. The molecule has 4 bridgehead atoms. The number of nitrogens with one attached hydrogen (secondary N) is 1. The van der Waals surface area contributed by atoms with E-state index in [1.54, 1.807) is 10.7 Å². The topological polar surface area (TPSA) is 46.9 Å². The third-order valence-corrected chi connectivity index (χ3v) is 7.36. The number of aryl methyl sites for hydroxylation is 1. The molecule has 0 saturated heterocycles. The second-order valence-electron chi connectivity index (χ2n) is 9.81. The van der Waals surface area contributed by atoms with Crippen LogP contribution in [0.4, 0.5) is 19.0 Å². The van der Waals surface area contributed by atoms with Gasteiger partial charge in [0, 0.05) is 18.5 Å². The zero-order valence-corrected chi connectivity index (χ0v) is 17.0. The number of para-hydroxylation sites is 1. The number of hydrogen-bond donors (Lipinski definition) is 1. The highest BCUT2D eigenvalue weighted by atomic mass is 19.4. The maximum absolute atomic E-state index is 13.2. The van der Waals surface area contributed by atoms with Crippen LogP contribution in [0.5, 0.6) is 0 Å². The molecule has 0 spiro atoms. The highest BCUT2D eigenvalue weighted by Gasteiger charge is 2.51. The van der Waals surface area contributed by atoms with Gasteiger partial charge >= 0.3 is 6.18 Å². The van der Waals surface area contributed by atoms with Crippen molar-refractivity contribution in [2.45, 2.75) is 76.0 Å². The van der Waals surface area contributed by atoms with E-state index in [-0.39, 0.29) is 17.4 Å². The molecule has 0 amide bonds. The molecule has 162 valence electrons. The average molecular weight is 419 g/mol. The molecule has 30 heavy (non-hydrogen) atoms. The van der Waals surface area contributed by atoms with Gasteiger partial charge in [0.1, 0.15) is 0 Å². The Hall–Kier alpha value is -2.05. The fourth-order valence-corrected chi connectivity index (χ4v) is 6.59. The second-order valence-corrected chi connectivity index (χ2v) is 9.81. The van der Waals surface area contributed by atoms with Crippen LogP contribution in [0.15, 0.2) is 29.1 Å². The summed E-state index contributed by atoms with van der Waals surface area (Å²) in [4.78, 5) is 13.2. The number of alkyl halides is 3. The Kier molecular flexibility index (Phi) is 4.82. The first-order valence-electron chi connectivity index (χ1n) is 11.2. The van der Waals surface area contributed by atoms with Crippen molar-refractivity contribution >= 4 is 16.7 Å². The third kappa shape index (κ3) is 3.83. The van der Waals surface area contributed by atoms with Crippen molar-refractivity contribution < 1.29 is 13.2 Å². The van der Waals surface area contributed by atoms with Gasteiger partial charge in [-0.2, -0.15) is 18.3 Å². The predicted molar refractivity (Wildman–Crippen MR) is 110 cm³/mol. The van der Waals surface area contributed by atoms with Gasteiger partial charge < -0.3 is 5.32 Å². The van der Waals surface area contributed by atoms with Crippen LogP contribution < -0.4 is 10.7 Å². The summed E-state index contributed by atoms with van der Waals surface area (Å²) in [5.74, 6) is 2.60. The lowest BCUT2D eigenvalue weighted by Crippen LogP contribution is -2.55. The molecule has 1 aromatic heterocycles. The van der Waals surface area contributed by atoms with Gasteiger partial charge in [-0.25, -0.2) is 0 Å². The summed E-state index contributed by atoms with van der Waals surface area (Å²) < 4.78 is 39.2. The molecule has 4 aliphatic rings. The van der Waals surface area contributed by atoms with Crippen LogP contribution >= 0.6 is 0 Å². The van der Waals surface area contributed by atoms with Crippen LogP contribution in [0.1, 0.15) is 57.8 Å². The number of aromatic nitrogens is 2. The van der Waals surface area contributed by atoms with Crippen LogP contribution in [0.3, 0.4) is 0 Å². The molecular weight excluding hydrogens is 391 g/mol. The van der Waals surface area contributed by atoms with Crippen LogP contribution in [0, 0.1) is 17.8 Å². The normalized spacial score (nSPS) is 30.2. The number of unbranched alkanes of at least 4 members (excludes halogenated alkanes) is 1. The molecule has 0 atom stereocenters. The molecule has 4 nitrogen and oxygen atoms in total. The Labute approximate surface area is 173 Å². The number of halogens is 3. The van der Waals surface area contributed by atoms with E-state index in [0.29, 0.717) is 29.7 Å². The van der Waals surface area contributed by atoms with E-state index in [1.165, 1.54) is 19.3 Å². The van der Waals surface area contributed by atoms with Crippen molar-refractivity contribution in [3.05, 3.63) is 34.5 Å². The van der Waals surface area contributed by atoms with Crippen molar-refractivity contribution in [1.29, 1.82) is 0 Å². The molecule has 7 heteroatoms. The number of hydrogen-bond acceptors (Lipinski definition) is 3. The van der Waals surface area contributed by atoms with Crippen LogP contribution in [0.25, 0.3) is 10.9 Å². The van der Waals surface area contributed by atoms with Gasteiger partial charge in [-0.05, 0) is 81.3 Å². The Morgan fingerprint density at radius 3 is 2.30 bits per heavy atom. The lowest BCUT2D eigenvalue weighted by Gasteiger charge is -2.57. The monoisotopic (exact) mass is 419 g/mol. The third-order valence-electron chi connectivity index (χ3n) is 7.36. The second kappa shape index (κ2) is 7.27. The first-order chi connectivity index (χ1) is 14.3. The molecule has 1 N–H and O–H groups in total. The summed E-state index contributed by atoms with van der Waals surface area (Å²) in [5.41, 5.74) is 0.538. The van der Waals surface area contributed by atoms with Crippen molar-refractivity contribution in [3.8, 4) is 0 Å². The standard InChI is InChI=1S/C23H28F3N3O/c24-23(25,26)7-3-4-8-29-19-6-2-1-5-18(19)20(30)21(28-29)27-22-12-15-9-16(13-22)11-17(10-15)14-22/h1-2,5-6,15-17H,3-4,7-14H2,(H,27,28). The number of nitrogens with zero attached hydrogens (tertiary/aromatic N) is 2. The molecule has 4 saturated carbocycles. The minimum Gasteiger partial charge on any atom is -0.360 e. The summed E-state index contributed by atoms with van der Waals surface area (Å²) in [7, 11) is 0. The molecule has 6 rings (SSSR count). The van der Waals surface area contributed by atoms with E-state index in [1.807, 2.05) is 18.2 Å².